The molecule has 2 aromatic rings. The molecule has 0 fully saturated rings. The standard InChI is InChI=1S/C21H23N3O2/c1-22-20(25)13(10-14-12-23-18-8-4-2-6-15(14)18)11-17-16-7-3-5-9-19(16)24-21(17)26/h3,5,7,9,11-13,23H,2,4,6,8,10H2,1H3,(H,22,25)(H,24,26). The molecule has 134 valence electrons. The van der Waals surface area contributed by atoms with Crippen molar-refractivity contribution in [2.45, 2.75) is 32.1 Å². The average molecular weight is 349 g/mol. The molecule has 1 atom stereocenters. The van der Waals surface area contributed by atoms with E-state index in [0.29, 0.717) is 12.0 Å². The molecule has 1 aromatic heterocycles. The first-order valence-electron chi connectivity index (χ1n) is 9.19. The van der Waals surface area contributed by atoms with Crippen LogP contribution in [0.3, 0.4) is 0 Å². The highest BCUT2D eigenvalue weighted by molar-refractivity contribution is 6.31. The number of carbonyl (C=O) groups is 2. The fourth-order valence-corrected chi connectivity index (χ4v) is 4.02. The molecule has 5 heteroatoms. The highest BCUT2D eigenvalue weighted by atomic mass is 16.2. The van der Waals surface area contributed by atoms with Crippen LogP contribution in [0.5, 0.6) is 0 Å². The zero-order chi connectivity index (χ0) is 18.1. The molecule has 1 aliphatic carbocycles. The zero-order valence-corrected chi connectivity index (χ0v) is 14.9. The van der Waals surface area contributed by atoms with E-state index in [9.17, 15) is 9.59 Å². The van der Waals surface area contributed by atoms with Crippen molar-refractivity contribution >= 4 is 23.1 Å². The maximum Gasteiger partial charge on any atom is 0.256 e. The molecule has 0 saturated heterocycles. The first kappa shape index (κ1) is 16.6. The van der Waals surface area contributed by atoms with Gasteiger partial charge in [-0.25, -0.2) is 0 Å². The smallest absolute Gasteiger partial charge is 0.256 e. The largest absolute Gasteiger partial charge is 0.364 e. The number of nitrogens with one attached hydrogen (secondary N) is 3. The van der Waals surface area contributed by atoms with Crippen molar-refractivity contribution in [2.75, 3.05) is 12.4 Å². The summed E-state index contributed by atoms with van der Waals surface area (Å²) >= 11 is 0. The van der Waals surface area contributed by atoms with Crippen LogP contribution in [0.2, 0.25) is 0 Å². The summed E-state index contributed by atoms with van der Waals surface area (Å²) in [6.45, 7) is 0. The van der Waals surface area contributed by atoms with Crippen LogP contribution in [0.4, 0.5) is 5.69 Å². The molecule has 3 N–H and O–H groups in total. The van der Waals surface area contributed by atoms with Crippen molar-refractivity contribution < 1.29 is 9.59 Å². The quantitative estimate of drug-likeness (QED) is 0.743. The fraction of sp³-hybridized carbons (Fsp3) is 0.333. The summed E-state index contributed by atoms with van der Waals surface area (Å²) in [6, 6.07) is 7.60. The number of amides is 2. The minimum atomic E-state index is -0.381. The van der Waals surface area contributed by atoms with Gasteiger partial charge in [0.1, 0.15) is 0 Å². The number of anilines is 1. The van der Waals surface area contributed by atoms with Gasteiger partial charge in [0.2, 0.25) is 5.91 Å². The van der Waals surface area contributed by atoms with E-state index in [1.54, 1.807) is 7.05 Å². The van der Waals surface area contributed by atoms with Crippen LogP contribution < -0.4 is 10.6 Å². The van der Waals surface area contributed by atoms with Gasteiger partial charge < -0.3 is 15.6 Å². The number of para-hydroxylation sites is 1. The number of aromatic amines is 1. The lowest BCUT2D eigenvalue weighted by molar-refractivity contribution is -0.123. The van der Waals surface area contributed by atoms with Crippen LogP contribution in [0.1, 0.15) is 35.2 Å². The van der Waals surface area contributed by atoms with Gasteiger partial charge in [-0.1, -0.05) is 24.3 Å². The third kappa shape index (κ3) is 2.94. The normalized spacial score (nSPS) is 18.2. The first-order valence-corrected chi connectivity index (χ1v) is 9.19. The Balaban J connectivity index is 1.67. The number of aromatic nitrogens is 1. The van der Waals surface area contributed by atoms with E-state index >= 15 is 0 Å². The summed E-state index contributed by atoms with van der Waals surface area (Å²) < 4.78 is 0. The second-order valence-electron chi connectivity index (χ2n) is 6.98. The minimum absolute atomic E-state index is 0.0690. The SMILES string of the molecule is CNC(=O)C(C=C1C(=O)Nc2ccccc21)Cc1c[nH]c2c1CCCC2. The Morgan fingerprint density at radius 1 is 1.27 bits per heavy atom. The number of fused-ring (bicyclic) bond motifs is 2. The van der Waals surface area contributed by atoms with Gasteiger partial charge in [0, 0.05) is 35.8 Å². The maximum atomic E-state index is 12.5. The Morgan fingerprint density at radius 2 is 2.08 bits per heavy atom. The summed E-state index contributed by atoms with van der Waals surface area (Å²) in [5.74, 6) is -0.592. The zero-order valence-electron chi connectivity index (χ0n) is 14.9. The van der Waals surface area contributed by atoms with Gasteiger partial charge in [0.05, 0.1) is 5.92 Å². The molecule has 0 radical (unpaired) electrons. The van der Waals surface area contributed by atoms with E-state index in [4.69, 9.17) is 0 Å². The first-order chi connectivity index (χ1) is 12.7. The molecule has 2 heterocycles. The van der Waals surface area contributed by atoms with Gasteiger partial charge in [-0.05, 0) is 49.3 Å². The monoisotopic (exact) mass is 349 g/mol. The number of rotatable bonds is 4. The van der Waals surface area contributed by atoms with Gasteiger partial charge in [-0.2, -0.15) is 0 Å². The highest BCUT2D eigenvalue weighted by Crippen LogP contribution is 2.33. The van der Waals surface area contributed by atoms with Crippen molar-refractivity contribution in [3.8, 4) is 0 Å². The van der Waals surface area contributed by atoms with Crippen LogP contribution in [-0.2, 0) is 28.9 Å². The van der Waals surface area contributed by atoms with E-state index in [1.165, 1.54) is 29.7 Å². The summed E-state index contributed by atoms with van der Waals surface area (Å²) in [7, 11) is 1.64. The van der Waals surface area contributed by atoms with E-state index in [0.717, 1.165) is 24.1 Å². The van der Waals surface area contributed by atoms with Crippen molar-refractivity contribution in [3.05, 3.63) is 58.9 Å². The van der Waals surface area contributed by atoms with Gasteiger partial charge in [0.15, 0.2) is 0 Å². The summed E-state index contributed by atoms with van der Waals surface area (Å²) in [4.78, 5) is 28.3. The lowest BCUT2D eigenvalue weighted by Crippen LogP contribution is -2.28. The Hall–Kier alpha value is -2.82. The molecular formula is C21H23N3O2. The maximum absolute atomic E-state index is 12.5. The van der Waals surface area contributed by atoms with Gasteiger partial charge in [0.25, 0.3) is 5.91 Å². The molecular weight excluding hydrogens is 326 g/mol. The molecule has 0 spiro atoms. The molecule has 2 amide bonds. The Labute approximate surface area is 152 Å². The number of carbonyl (C=O) groups excluding carboxylic acids is 2. The molecule has 1 aliphatic heterocycles. The molecule has 0 bridgehead atoms. The highest BCUT2D eigenvalue weighted by Gasteiger charge is 2.27. The number of H-pyrrole nitrogens is 1. The molecule has 26 heavy (non-hydrogen) atoms. The summed E-state index contributed by atoms with van der Waals surface area (Å²) in [5, 5.41) is 5.62. The second kappa shape index (κ2) is 6.83. The number of aryl methyl sites for hydroxylation is 1. The fourth-order valence-electron chi connectivity index (χ4n) is 4.02. The van der Waals surface area contributed by atoms with E-state index < -0.39 is 0 Å². The molecule has 2 aliphatic rings. The number of hydrogen-bond donors (Lipinski definition) is 3. The summed E-state index contributed by atoms with van der Waals surface area (Å²) in [5.41, 5.74) is 6.11. The Kier molecular flexibility index (Phi) is 4.37. The Bertz CT molecular complexity index is 894. The van der Waals surface area contributed by atoms with Crippen LogP contribution in [0, 0.1) is 5.92 Å². The van der Waals surface area contributed by atoms with Crippen molar-refractivity contribution in [3.63, 3.8) is 0 Å². The van der Waals surface area contributed by atoms with Gasteiger partial charge in [-0.3, -0.25) is 9.59 Å². The number of hydrogen-bond acceptors (Lipinski definition) is 2. The lowest BCUT2D eigenvalue weighted by Gasteiger charge is -2.16. The predicted octanol–water partition coefficient (Wildman–Crippen LogP) is 2.83. The van der Waals surface area contributed by atoms with E-state index in [-0.39, 0.29) is 17.7 Å². The molecule has 0 saturated carbocycles. The van der Waals surface area contributed by atoms with Gasteiger partial charge in [-0.15, -0.1) is 0 Å². The lowest BCUT2D eigenvalue weighted by atomic mass is 9.89. The van der Waals surface area contributed by atoms with Crippen LogP contribution in [-0.4, -0.2) is 23.8 Å². The average Bonchev–Trinajstić information content (AvgIpc) is 3.21. The second-order valence-corrected chi connectivity index (χ2v) is 6.98. The summed E-state index contributed by atoms with van der Waals surface area (Å²) in [6.07, 6.45) is 9.01. The Morgan fingerprint density at radius 3 is 2.92 bits per heavy atom. The number of benzene rings is 1. The molecule has 1 aromatic carbocycles. The molecule has 5 nitrogen and oxygen atoms in total. The van der Waals surface area contributed by atoms with Crippen molar-refractivity contribution in [1.29, 1.82) is 0 Å². The van der Waals surface area contributed by atoms with Gasteiger partial charge >= 0.3 is 0 Å². The van der Waals surface area contributed by atoms with Crippen LogP contribution in [0.15, 0.2) is 36.5 Å². The topological polar surface area (TPSA) is 74.0 Å². The third-order valence-corrected chi connectivity index (χ3v) is 5.38. The van der Waals surface area contributed by atoms with Crippen molar-refractivity contribution in [2.24, 2.45) is 5.92 Å². The van der Waals surface area contributed by atoms with E-state index in [2.05, 4.69) is 15.6 Å². The van der Waals surface area contributed by atoms with Crippen LogP contribution in [0.25, 0.3) is 5.57 Å². The molecule has 1 unspecified atom stereocenters. The van der Waals surface area contributed by atoms with E-state index in [1.807, 2.05) is 36.5 Å². The predicted molar refractivity (Wildman–Crippen MR) is 102 cm³/mol. The van der Waals surface area contributed by atoms with Crippen molar-refractivity contribution in [1.82, 2.24) is 10.3 Å². The molecule has 4 rings (SSSR count). The third-order valence-electron chi connectivity index (χ3n) is 5.38. The van der Waals surface area contributed by atoms with Crippen LogP contribution >= 0.6 is 0 Å². The minimum Gasteiger partial charge on any atom is -0.364 e.